The number of carbonyl (C=O) groups excluding carboxylic acids is 1. The SMILES string of the molecule is CC(C)(C)OC(=O)NCc1nc(C2(c3ccccc3)CCC2)no1. The van der Waals surface area contributed by atoms with Gasteiger partial charge >= 0.3 is 6.09 Å². The lowest BCUT2D eigenvalue weighted by Crippen LogP contribution is -2.36. The molecule has 1 aliphatic carbocycles. The standard InChI is InChI=1S/C18H23N3O3/c1-17(2,3)23-16(22)19-12-14-20-15(21-24-14)18(10-7-11-18)13-8-5-4-6-9-13/h4-6,8-9H,7,10-12H2,1-3H3,(H,19,22). The van der Waals surface area contributed by atoms with E-state index in [4.69, 9.17) is 9.26 Å². The van der Waals surface area contributed by atoms with Gasteiger partial charge in [0.1, 0.15) is 12.1 Å². The van der Waals surface area contributed by atoms with Crippen molar-refractivity contribution in [3.63, 3.8) is 0 Å². The van der Waals surface area contributed by atoms with Crippen LogP contribution in [-0.4, -0.2) is 21.8 Å². The van der Waals surface area contributed by atoms with E-state index in [1.165, 1.54) is 5.56 Å². The molecule has 1 saturated carbocycles. The van der Waals surface area contributed by atoms with Crippen molar-refractivity contribution in [3.8, 4) is 0 Å². The van der Waals surface area contributed by atoms with Crippen molar-refractivity contribution in [2.24, 2.45) is 0 Å². The first-order chi connectivity index (χ1) is 11.4. The predicted molar refractivity (Wildman–Crippen MR) is 88.4 cm³/mol. The Morgan fingerprint density at radius 3 is 2.58 bits per heavy atom. The fraction of sp³-hybridized carbons (Fsp3) is 0.500. The normalized spacial score (nSPS) is 16.3. The number of alkyl carbamates (subject to hydrolysis) is 1. The van der Waals surface area contributed by atoms with Crippen molar-refractivity contribution in [3.05, 3.63) is 47.6 Å². The summed E-state index contributed by atoms with van der Waals surface area (Å²) in [5.74, 6) is 1.08. The molecule has 1 aliphatic rings. The molecule has 0 atom stereocenters. The lowest BCUT2D eigenvalue weighted by atomic mass is 9.64. The maximum Gasteiger partial charge on any atom is 0.408 e. The molecule has 1 N–H and O–H groups in total. The van der Waals surface area contributed by atoms with Gasteiger partial charge in [0.25, 0.3) is 0 Å². The molecule has 128 valence electrons. The van der Waals surface area contributed by atoms with Crippen LogP contribution >= 0.6 is 0 Å². The van der Waals surface area contributed by atoms with Gasteiger partial charge < -0.3 is 14.6 Å². The molecule has 1 amide bonds. The molecular weight excluding hydrogens is 306 g/mol. The Hall–Kier alpha value is -2.37. The number of hydrogen-bond donors (Lipinski definition) is 1. The third kappa shape index (κ3) is 3.42. The zero-order valence-electron chi connectivity index (χ0n) is 14.3. The summed E-state index contributed by atoms with van der Waals surface area (Å²) in [5.41, 5.74) is 0.520. The monoisotopic (exact) mass is 329 g/mol. The van der Waals surface area contributed by atoms with Crippen LogP contribution in [0.5, 0.6) is 0 Å². The molecule has 3 rings (SSSR count). The lowest BCUT2D eigenvalue weighted by molar-refractivity contribution is 0.0518. The second kappa shape index (κ2) is 6.26. The third-order valence-corrected chi connectivity index (χ3v) is 4.21. The minimum absolute atomic E-state index is 0.158. The molecule has 6 heteroatoms. The maximum atomic E-state index is 11.7. The van der Waals surface area contributed by atoms with Crippen LogP contribution in [0.15, 0.2) is 34.9 Å². The van der Waals surface area contributed by atoms with Crippen molar-refractivity contribution >= 4 is 6.09 Å². The Balaban J connectivity index is 1.68. The Morgan fingerprint density at radius 1 is 1.29 bits per heavy atom. The third-order valence-electron chi connectivity index (χ3n) is 4.21. The summed E-state index contributed by atoms with van der Waals surface area (Å²) in [6.45, 7) is 5.61. The molecule has 1 heterocycles. The highest BCUT2D eigenvalue weighted by atomic mass is 16.6. The van der Waals surface area contributed by atoms with Crippen LogP contribution in [0, 0.1) is 0 Å². The van der Waals surface area contributed by atoms with E-state index < -0.39 is 11.7 Å². The smallest absolute Gasteiger partial charge is 0.408 e. The van der Waals surface area contributed by atoms with Crippen molar-refractivity contribution < 1.29 is 14.1 Å². The number of nitrogens with one attached hydrogen (secondary N) is 1. The molecular formula is C18H23N3O3. The van der Waals surface area contributed by atoms with Gasteiger partial charge in [0, 0.05) is 0 Å². The van der Waals surface area contributed by atoms with E-state index in [2.05, 4.69) is 27.6 Å². The Bertz CT molecular complexity index is 700. The largest absolute Gasteiger partial charge is 0.444 e. The molecule has 0 bridgehead atoms. The quantitative estimate of drug-likeness (QED) is 0.928. The van der Waals surface area contributed by atoms with E-state index in [1.807, 2.05) is 39.0 Å². The van der Waals surface area contributed by atoms with Gasteiger partial charge in [-0.2, -0.15) is 4.98 Å². The van der Waals surface area contributed by atoms with Gasteiger partial charge in [-0.25, -0.2) is 4.79 Å². The predicted octanol–water partition coefficient (Wildman–Crippen LogP) is 3.56. The first-order valence-electron chi connectivity index (χ1n) is 8.24. The Kier molecular flexibility index (Phi) is 4.30. The van der Waals surface area contributed by atoms with E-state index in [1.54, 1.807) is 0 Å². The number of ether oxygens (including phenoxy) is 1. The molecule has 0 spiro atoms. The number of amides is 1. The molecule has 0 aliphatic heterocycles. The fourth-order valence-corrected chi connectivity index (χ4v) is 2.91. The van der Waals surface area contributed by atoms with Crippen molar-refractivity contribution in [2.45, 2.75) is 57.6 Å². The fourth-order valence-electron chi connectivity index (χ4n) is 2.91. The Labute approximate surface area is 141 Å². The molecule has 0 saturated heterocycles. The highest BCUT2D eigenvalue weighted by Crippen LogP contribution is 2.47. The van der Waals surface area contributed by atoms with Crippen LogP contribution in [0.2, 0.25) is 0 Å². The molecule has 6 nitrogen and oxygen atoms in total. The van der Waals surface area contributed by atoms with Gasteiger partial charge in [-0.3, -0.25) is 0 Å². The number of nitrogens with zero attached hydrogens (tertiary/aromatic N) is 2. The van der Waals surface area contributed by atoms with Gasteiger partial charge in [0.15, 0.2) is 5.82 Å². The van der Waals surface area contributed by atoms with E-state index in [0.29, 0.717) is 11.7 Å². The summed E-state index contributed by atoms with van der Waals surface area (Å²) in [4.78, 5) is 16.2. The summed E-state index contributed by atoms with van der Waals surface area (Å²) in [7, 11) is 0. The van der Waals surface area contributed by atoms with E-state index in [0.717, 1.165) is 19.3 Å². The van der Waals surface area contributed by atoms with Crippen molar-refractivity contribution in [1.29, 1.82) is 0 Å². The van der Waals surface area contributed by atoms with Crippen LogP contribution in [0.4, 0.5) is 4.79 Å². The number of benzene rings is 1. The molecule has 0 unspecified atom stereocenters. The molecule has 24 heavy (non-hydrogen) atoms. The number of rotatable bonds is 4. The van der Waals surface area contributed by atoms with Crippen molar-refractivity contribution in [2.75, 3.05) is 0 Å². The molecule has 1 fully saturated rings. The second-order valence-corrected chi connectivity index (χ2v) is 7.17. The van der Waals surface area contributed by atoms with Crippen molar-refractivity contribution in [1.82, 2.24) is 15.5 Å². The molecule has 1 aromatic heterocycles. The minimum Gasteiger partial charge on any atom is -0.444 e. The first kappa shape index (κ1) is 16.5. The summed E-state index contributed by atoms with van der Waals surface area (Å²) in [6, 6.07) is 10.3. The zero-order chi connectivity index (χ0) is 17.2. The summed E-state index contributed by atoms with van der Waals surface area (Å²) < 4.78 is 10.5. The average molecular weight is 329 g/mol. The summed E-state index contributed by atoms with van der Waals surface area (Å²) in [6.07, 6.45) is 2.67. The Morgan fingerprint density at radius 2 is 2.00 bits per heavy atom. The van der Waals surface area contributed by atoms with Crippen LogP contribution in [0.3, 0.4) is 0 Å². The van der Waals surface area contributed by atoms with Gasteiger partial charge in [-0.05, 0) is 39.2 Å². The summed E-state index contributed by atoms with van der Waals surface area (Å²) >= 11 is 0. The lowest BCUT2D eigenvalue weighted by Gasteiger charge is -2.39. The van der Waals surface area contributed by atoms with E-state index in [-0.39, 0.29) is 12.0 Å². The minimum atomic E-state index is -0.534. The van der Waals surface area contributed by atoms with Gasteiger partial charge in [-0.1, -0.05) is 41.9 Å². The average Bonchev–Trinajstić information content (AvgIpc) is 2.92. The van der Waals surface area contributed by atoms with Crippen LogP contribution in [0.1, 0.15) is 57.3 Å². The van der Waals surface area contributed by atoms with Gasteiger partial charge in [-0.15, -0.1) is 0 Å². The molecule has 0 radical (unpaired) electrons. The number of carbonyl (C=O) groups is 1. The number of hydrogen-bond acceptors (Lipinski definition) is 5. The van der Waals surface area contributed by atoms with Gasteiger partial charge in [0.2, 0.25) is 5.89 Å². The van der Waals surface area contributed by atoms with E-state index >= 15 is 0 Å². The molecule has 2 aromatic rings. The highest BCUT2D eigenvalue weighted by Gasteiger charge is 2.44. The van der Waals surface area contributed by atoms with E-state index in [9.17, 15) is 4.79 Å². The zero-order valence-corrected chi connectivity index (χ0v) is 14.3. The van der Waals surface area contributed by atoms with Crippen LogP contribution in [0.25, 0.3) is 0 Å². The number of aromatic nitrogens is 2. The highest BCUT2D eigenvalue weighted by molar-refractivity contribution is 5.67. The summed E-state index contributed by atoms with van der Waals surface area (Å²) in [5, 5.41) is 6.80. The van der Waals surface area contributed by atoms with Crippen LogP contribution < -0.4 is 5.32 Å². The van der Waals surface area contributed by atoms with Gasteiger partial charge in [0.05, 0.1) is 5.41 Å². The van der Waals surface area contributed by atoms with Crippen LogP contribution in [-0.2, 0) is 16.7 Å². The first-order valence-corrected chi connectivity index (χ1v) is 8.24. The molecule has 1 aromatic carbocycles. The topological polar surface area (TPSA) is 77.2 Å². The second-order valence-electron chi connectivity index (χ2n) is 7.17. The maximum absolute atomic E-state index is 11.7.